The maximum atomic E-state index is 13.5. The van der Waals surface area contributed by atoms with E-state index in [1.807, 2.05) is 26.0 Å². The van der Waals surface area contributed by atoms with Crippen LogP contribution in [0.5, 0.6) is 0 Å². The van der Waals surface area contributed by atoms with Crippen molar-refractivity contribution in [3.8, 4) is 0 Å². The fourth-order valence-electron chi connectivity index (χ4n) is 3.67. The van der Waals surface area contributed by atoms with Gasteiger partial charge in [-0.2, -0.15) is 0 Å². The monoisotopic (exact) mass is 477 g/mol. The molecule has 2 rings (SSSR count). The molecule has 0 aromatic heterocycles. The number of carbonyl (C=O) groups is 2. The third kappa shape index (κ3) is 6.77. The highest BCUT2D eigenvalue weighted by atomic mass is 32.2. The molecule has 0 bridgehead atoms. The van der Waals surface area contributed by atoms with Crippen LogP contribution >= 0.6 is 0 Å². The van der Waals surface area contributed by atoms with Crippen LogP contribution in [0, 0.1) is 5.82 Å². The van der Waals surface area contributed by atoms with Gasteiger partial charge in [0.05, 0.1) is 11.9 Å². The van der Waals surface area contributed by atoms with Crippen molar-refractivity contribution in [1.29, 1.82) is 0 Å². The van der Waals surface area contributed by atoms with Crippen LogP contribution in [0.15, 0.2) is 48.5 Å². The van der Waals surface area contributed by atoms with Gasteiger partial charge >= 0.3 is 0 Å². The zero-order valence-electron chi connectivity index (χ0n) is 19.7. The largest absolute Gasteiger partial charge is 0.357 e. The van der Waals surface area contributed by atoms with Crippen LogP contribution in [0.3, 0.4) is 0 Å². The van der Waals surface area contributed by atoms with Crippen LogP contribution in [0.1, 0.15) is 44.2 Å². The Morgan fingerprint density at radius 3 is 2.18 bits per heavy atom. The maximum Gasteiger partial charge on any atom is 0.244 e. The summed E-state index contributed by atoms with van der Waals surface area (Å²) in [4.78, 5) is 27.4. The van der Waals surface area contributed by atoms with Crippen LogP contribution < -0.4 is 9.62 Å². The van der Waals surface area contributed by atoms with Crippen molar-refractivity contribution < 1.29 is 22.4 Å². The molecule has 180 valence electrons. The van der Waals surface area contributed by atoms with Crippen molar-refractivity contribution in [2.24, 2.45) is 0 Å². The molecule has 0 saturated heterocycles. The van der Waals surface area contributed by atoms with E-state index in [1.54, 1.807) is 19.1 Å². The van der Waals surface area contributed by atoms with E-state index in [0.717, 1.165) is 16.1 Å². The second-order valence-electron chi connectivity index (χ2n) is 8.17. The Bertz CT molecular complexity index is 1070. The van der Waals surface area contributed by atoms with Gasteiger partial charge in [-0.05, 0) is 41.7 Å². The fraction of sp³-hybridized carbons (Fsp3) is 0.417. The summed E-state index contributed by atoms with van der Waals surface area (Å²) in [6.07, 6.45) is 1.38. The molecule has 0 spiro atoms. The minimum atomic E-state index is -3.80. The molecule has 2 aromatic rings. The summed E-state index contributed by atoms with van der Waals surface area (Å²) in [5, 5.41) is 2.56. The van der Waals surface area contributed by atoms with Gasteiger partial charge in [-0.15, -0.1) is 0 Å². The third-order valence-electron chi connectivity index (χ3n) is 5.41. The highest BCUT2D eigenvalue weighted by Crippen LogP contribution is 2.29. The molecule has 0 aliphatic carbocycles. The molecule has 7 nitrogen and oxygen atoms in total. The van der Waals surface area contributed by atoms with E-state index in [1.165, 1.54) is 36.2 Å². The maximum absolute atomic E-state index is 13.5. The molecular formula is C24H32FN3O4S. The molecule has 0 aliphatic rings. The molecule has 0 fully saturated rings. The minimum absolute atomic E-state index is 0.0325. The first kappa shape index (κ1) is 26.3. The fourth-order valence-corrected chi connectivity index (χ4v) is 4.54. The number of hydrogen-bond donors (Lipinski definition) is 1. The van der Waals surface area contributed by atoms with E-state index in [0.29, 0.717) is 17.7 Å². The molecule has 0 saturated carbocycles. The van der Waals surface area contributed by atoms with Gasteiger partial charge in [-0.3, -0.25) is 13.9 Å². The van der Waals surface area contributed by atoms with Gasteiger partial charge in [0.2, 0.25) is 21.8 Å². The van der Waals surface area contributed by atoms with E-state index < -0.39 is 34.3 Å². The summed E-state index contributed by atoms with van der Waals surface area (Å²) in [5.74, 6) is -1.27. The number of sulfonamides is 1. The van der Waals surface area contributed by atoms with Crippen LogP contribution in [-0.4, -0.2) is 51.0 Å². The lowest BCUT2D eigenvalue weighted by atomic mass is 10.0. The molecule has 0 heterocycles. The summed E-state index contributed by atoms with van der Waals surface area (Å²) in [6.45, 7) is 5.24. The predicted molar refractivity (Wildman–Crippen MR) is 128 cm³/mol. The molecule has 0 unspecified atom stereocenters. The number of rotatable bonds is 10. The van der Waals surface area contributed by atoms with Crippen molar-refractivity contribution in [1.82, 2.24) is 10.2 Å². The Kier molecular flexibility index (Phi) is 8.99. The van der Waals surface area contributed by atoms with Crippen molar-refractivity contribution >= 4 is 27.5 Å². The quantitative estimate of drug-likeness (QED) is 0.569. The zero-order valence-corrected chi connectivity index (χ0v) is 20.5. The van der Waals surface area contributed by atoms with Gasteiger partial charge in [0.25, 0.3) is 0 Å². The van der Waals surface area contributed by atoms with Gasteiger partial charge in [0.1, 0.15) is 18.4 Å². The van der Waals surface area contributed by atoms with E-state index in [4.69, 9.17) is 0 Å². The second kappa shape index (κ2) is 11.3. The Morgan fingerprint density at radius 1 is 1.06 bits per heavy atom. The molecule has 2 amide bonds. The van der Waals surface area contributed by atoms with Gasteiger partial charge in [0, 0.05) is 13.6 Å². The summed E-state index contributed by atoms with van der Waals surface area (Å²) in [5.41, 5.74) is 1.85. The first-order chi connectivity index (χ1) is 15.5. The topological polar surface area (TPSA) is 86.8 Å². The number of benzene rings is 2. The average Bonchev–Trinajstić information content (AvgIpc) is 2.77. The minimum Gasteiger partial charge on any atom is -0.357 e. The number of halogens is 1. The molecule has 1 atom stereocenters. The van der Waals surface area contributed by atoms with Gasteiger partial charge < -0.3 is 10.2 Å². The number of likely N-dealkylation sites (N-methyl/N-ethyl adjacent to an activating group) is 1. The summed E-state index contributed by atoms with van der Waals surface area (Å²) in [6, 6.07) is 11.9. The molecule has 0 aliphatic heterocycles. The third-order valence-corrected chi connectivity index (χ3v) is 6.53. The number of carbonyl (C=O) groups excluding carboxylic acids is 2. The number of nitrogens with zero attached hydrogens (tertiary/aromatic N) is 2. The van der Waals surface area contributed by atoms with Gasteiger partial charge in [0.15, 0.2) is 0 Å². The van der Waals surface area contributed by atoms with Crippen molar-refractivity contribution in [3.63, 3.8) is 0 Å². The normalized spacial score (nSPS) is 12.3. The lowest BCUT2D eigenvalue weighted by molar-refractivity contribution is -0.140. The highest BCUT2D eigenvalue weighted by molar-refractivity contribution is 7.92. The van der Waals surface area contributed by atoms with Crippen molar-refractivity contribution in [2.75, 3.05) is 24.2 Å². The van der Waals surface area contributed by atoms with Crippen LogP contribution in [0.2, 0.25) is 0 Å². The molecule has 2 aromatic carbocycles. The SMILES string of the molecule is CC[C@H](C(=O)NC)N(Cc1ccc(F)cc1)C(=O)CN(c1ccccc1C(C)C)S(C)(=O)=O. The van der Waals surface area contributed by atoms with E-state index >= 15 is 0 Å². The number of nitrogens with one attached hydrogen (secondary N) is 1. The van der Waals surface area contributed by atoms with E-state index in [9.17, 15) is 22.4 Å². The Morgan fingerprint density at radius 2 is 1.67 bits per heavy atom. The summed E-state index contributed by atoms with van der Waals surface area (Å²) in [7, 11) is -2.32. The van der Waals surface area contributed by atoms with Crippen molar-refractivity contribution in [2.45, 2.75) is 45.7 Å². The standard InChI is InChI=1S/C24H32FN3O4S/c1-6-21(24(30)26-4)27(15-18-11-13-19(25)14-12-18)23(29)16-28(33(5,31)32)22-10-8-7-9-20(22)17(2)3/h7-14,17,21H,6,15-16H2,1-5H3,(H,26,30)/t21-/m1/s1. The first-order valence-corrected chi connectivity index (χ1v) is 12.7. The summed E-state index contributed by atoms with van der Waals surface area (Å²) < 4.78 is 39.9. The highest BCUT2D eigenvalue weighted by Gasteiger charge is 2.32. The number of anilines is 1. The molecule has 33 heavy (non-hydrogen) atoms. The second-order valence-corrected chi connectivity index (χ2v) is 10.1. The zero-order chi connectivity index (χ0) is 24.8. The number of hydrogen-bond acceptors (Lipinski definition) is 4. The Labute approximate surface area is 195 Å². The van der Waals surface area contributed by atoms with E-state index in [-0.39, 0.29) is 18.4 Å². The van der Waals surface area contributed by atoms with Crippen LogP contribution in [0.25, 0.3) is 0 Å². The first-order valence-electron chi connectivity index (χ1n) is 10.8. The number of para-hydroxylation sites is 1. The molecule has 9 heteroatoms. The van der Waals surface area contributed by atoms with Gasteiger partial charge in [-0.25, -0.2) is 12.8 Å². The summed E-state index contributed by atoms with van der Waals surface area (Å²) >= 11 is 0. The average molecular weight is 478 g/mol. The predicted octanol–water partition coefficient (Wildman–Crippen LogP) is 3.27. The van der Waals surface area contributed by atoms with Crippen LogP contribution in [0.4, 0.5) is 10.1 Å². The smallest absolute Gasteiger partial charge is 0.244 e. The Hall–Kier alpha value is -2.94. The lowest BCUT2D eigenvalue weighted by Crippen LogP contribution is -2.51. The number of amides is 2. The van der Waals surface area contributed by atoms with E-state index in [2.05, 4.69) is 5.32 Å². The Balaban J connectivity index is 2.48. The molecule has 1 N–H and O–H groups in total. The van der Waals surface area contributed by atoms with Crippen molar-refractivity contribution in [3.05, 3.63) is 65.5 Å². The van der Waals surface area contributed by atoms with Crippen LogP contribution in [-0.2, 0) is 26.2 Å². The molecular weight excluding hydrogens is 445 g/mol. The molecule has 0 radical (unpaired) electrons. The lowest BCUT2D eigenvalue weighted by Gasteiger charge is -2.33. The van der Waals surface area contributed by atoms with Gasteiger partial charge in [-0.1, -0.05) is 51.1 Å².